The largest absolute Gasteiger partial charge is 0.497 e. The van der Waals surface area contributed by atoms with Crippen LogP contribution in [0, 0.1) is 0 Å². The summed E-state index contributed by atoms with van der Waals surface area (Å²) < 4.78 is 16.8. The second-order valence-corrected chi connectivity index (χ2v) is 9.96. The van der Waals surface area contributed by atoms with Gasteiger partial charge in [0.05, 0.1) is 38.0 Å². The van der Waals surface area contributed by atoms with Crippen molar-refractivity contribution >= 4 is 28.8 Å². The first-order valence-electron chi connectivity index (χ1n) is 12.1. The molecule has 1 atom stereocenters. The molecule has 1 unspecified atom stereocenters. The number of rotatable bonds is 9. The molecule has 0 aromatic heterocycles. The zero-order valence-corrected chi connectivity index (χ0v) is 21.8. The maximum absolute atomic E-state index is 13.6. The number of methoxy groups -OCH3 is 2. The number of hydrogen-bond donors (Lipinski definition) is 1. The number of amides is 1. The van der Waals surface area contributed by atoms with Crippen molar-refractivity contribution in [3.8, 4) is 11.5 Å². The van der Waals surface area contributed by atoms with Crippen LogP contribution in [0.4, 0.5) is 0 Å². The normalized spacial score (nSPS) is 18.6. The van der Waals surface area contributed by atoms with Gasteiger partial charge in [-0.1, -0.05) is 42.1 Å². The molecule has 0 radical (unpaired) electrons. The Morgan fingerprint density at radius 1 is 1.08 bits per heavy atom. The van der Waals surface area contributed by atoms with Gasteiger partial charge in [0.15, 0.2) is 5.17 Å². The molecule has 192 valence electrons. The molecule has 2 aliphatic heterocycles. The first-order chi connectivity index (χ1) is 18.0. The Hall–Kier alpha value is -3.72. The highest BCUT2D eigenvalue weighted by molar-refractivity contribution is 8.16. The number of carbonyl (C=O) groups excluding carboxylic acids is 2. The van der Waals surface area contributed by atoms with Crippen LogP contribution in [0.5, 0.6) is 11.5 Å². The van der Waals surface area contributed by atoms with Gasteiger partial charge in [-0.15, -0.1) is 0 Å². The van der Waals surface area contributed by atoms with E-state index in [0.29, 0.717) is 27.9 Å². The van der Waals surface area contributed by atoms with Crippen LogP contribution in [0.1, 0.15) is 43.4 Å². The van der Waals surface area contributed by atoms with Crippen LogP contribution in [0.2, 0.25) is 0 Å². The standard InChI is InChI=1S/C28H29N3O5S/c1-17-25(27(33)36-15-18-7-5-4-6-8-18)26(19-11-22(34-2)14-23(12-19)35-3)31-21(16-37-28(31)29-17)13-24(32)30-20-9-10-20/h4-8,11-12,14,16,20,26H,9-10,13,15H2,1-3H3,(H,30,32). The topological polar surface area (TPSA) is 89.5 Å². The van der Waals surface area contributed by atoms with Gasteiger partial charge < -0.3 is 24.4 Å². The summed E-state index contributed by atoms with van der Waals surface area (Å²) in [5, 5.41) is 5.69. The number of ether oxygens (including phenoxy) is 3. The van der Waals surface area contributed by atoms with Crippen LogP contribution in [0.3, 0.4) is 0 Å². The van der Waals surface area contributed by atoms with Gasteiger partial charge in [0.25, 0.3) is 0 Å². The molecule has 9 heteroatoms. The van der Waals surface area contributed by atoms with Crippen LogP contribution >= 0.6 is 11.8 Å². The molecule has 2 aromatic rings. The van der Waals surface area contributed by atoms with Crippen LogP contribution in [0.25, 0.3) is 0 Å². The van der Waals surface area contributed by atoms with E-state index in [2.05, 4.69) is 5.32 Å². The zero-order chi connectivity index (χ0) is 25.9. The fourth-order valence-electron chi connectivity index (χ4n) is 4.41. The predicted molar refractivity (Wildman–Crippen MR) is 142 cm³/mol. The fraction of sp³-hybridized carbons (Fsp3) is 0.321. The van der Waals surface area contributed by atoms with E-state index >= 15 is 0 Å². The molecule has 2 aromatic carbocycles. The van der Waals surface area contributed by atoms with Crippen molar-refractivity contribution in [2.45, 2.75) is 44.9 Å². The minimum Gasteiger partial charge on any atom is -0.497 e. The molecule has 8 nitrogen and oxygen atoms in total. The smallest absolute Gasteiger partial charge is 0.338 e. The molecule has 1 amide bonds. The summed E-state index contributed by atoms with van der Waals surface area (Å²) >= 11 is 1.44. The molecule has 5 rings (SSSR count). The van der Waals surface area contributed by atoms with E-state index in [1.807, 2.05) is 59.7 Å². The molecule has 1 saturated carbocycles. The van der Waals surface area contributed by atoms with Crippen molar-refractivity contribution in [1.29, 1.82) is 0 Å². The lowest BCUT2D eigenvalue weighted by atomic mass is 9.93. The number of carbonyl (C=O) groups is 2. The molecule has 0 saturated heterocycles. The lowest BCUT2D eigenvalue weighted by molar-refractivity contribution is -0.141. The summed E-state index contributed by atoms with van der Waals surface area (Å²) in [7, 11) is 3.17. The van der Waals surface area contributed by atoms with Crippen LogP contribution in [0.15, 0.2) is 75.9 Å². The summed E-state index contributed by atoms with van der Waals surface area (Å²) in [5.74, 6) is 0.681. The van der Waals surface area contributed by atoms with Gasteiger partial charge in [-0.05, 0) is 48.4 Å². The lowest BCUT2D eigenvalue weighted by Gasteiger charge is -2.36. The van der Waals surface area contributed by atoms with Crippen LogP contribution in [-0.4, -0.2) is 42.2 Å². The Labute approximate surface area is 220 Å². The molecule has 1 aliphatic carbocycles. The number of aliphatic imine (C=N–C) groups is 1. The number of allylic oxidation sites excluding steroid dienone is 1. The highest BCUT2D eigenvalue weighted by atomic mass is 32.2. The van der Waals surface area contributed by atoms with Crippen LogP contribution in [-0.2, 0) is 20.9 Å². The van der Waals surface area contributed by atoms with Gasteiger partial charge in [-0.25, -0.2) is 9.79 Å². The monoisotopic (exact) mass is 519 g/mol. The molecule has 0 spiro atoms. The van der Waals surface area contributed by atoms with E-state index in [-0.39, 0.29) is 25.0 Å². The molecule has 3 aliphatic rings. The number of esters is 1. The molecular formula is C28H29N3O5S. The summed E-state index contributed by atoms with van der Waals surface area (Å²) in [6, 6.07) is 14.8. The van der Waals surface area contributed by atoms with E-state index in [0.717, 1.165) is 29.7 Å². The maximum atomic E-state index is 13.6. The third kappa shape index (κ3) is 5.51. The predicted octanol–water partition coefficient (Wildman–Crippen LogP) is 4.69. The average Bonchev–Trinajstić information content (AvgIpc) is 3.64. The van der Waals surface area contributed by atoms with Gasteiger partial charge >= 0.3 is 5.97 Å². The molecule has 2 heterocycles. The van der Waals surface area contributed by atoms with Crippen molar-refractivity contribution in [2.24, 2.45) is 4.99 Å². The van der Waals surface area contributed by atoms with Crippen molar-refractivity contribution in [3.63, 3.8) is 0 Å². The summed E-state index contributed by atoms with van der Waals surface area (Å²) in [6.07, 6.45) is 2.22. The van der Waals surface area contributed by atoms with Gasteiger partial charge in [0.1, 0.15) is 18.1 Å². The van der Waals surface area contributed by atoms with Crippen molar-refractivity contribution in [2.75, 3.05) is 14.2 Å². The Kier molecular flexibility index (Phi) is 7.23. The number of thioether (sulfide) groups is 1. The maximum Gasteiger partial charge on any atom is 0.338 e. The second kappa shape index (κ2) is 10.7. The Bertz CT molecular complexity index is 1280. The lowest BCUT2D eigenvalue weighted by Crippen LogP contribution is -2.38. The average molecular weight is 520 g/mol. The van der Waals surface area contributed by atoms with Gasteiger partial charge in [-0.2, -0.15) is 0 Å². The van der Waals surface area contributed by atoms with Crippen molar-refractivity contribution < 1.29 is 23.8 Å². The Morgan fingerprint density at radius 3 is 2.43 bits per heavy atom. The number of amidine groups is 1. The second-order valence-electron chi connectivity index (χ2n) is 9.12. The van der Waals surface area contributed by atoms with E-state index in [1.54, 1.807) is 20.3 Å². The minimum atomic E-state index is -0.574. The minimum absolute atomic E-state index is 0.0444. The van der Waals surface area contributed by atoms with E-state index < -0.39 is 12.0 Å². The SMILES string of the molecule is COc1cc(OC)cc(C2C(C(=O)OCc3ccccc3)=C(C)N=C3SC=C(CC(=O)NC4CC4)N32)c1. The van der Waals surface area contributed by atoms with Gasteiger partial charge in [-0.3, -0.25) is 4.79 Å². The highest BCUT2D eigenvalue weighted by Gasteiger charge is 2.41. The molecule has 1 N–H and O–H groups in total. The summed E-state index contributed by atoms with van der Waals surface area (Å²) in [4.78, 5) is 33.0. The van der Waals surface area contributed by atoms with Crippen molar-refractivity contribution in [3.05, 3.63) is 82.0 Å². The summed E-state index contributed by atoms with van der Waals surface area (Å²) in [6.45, 7) is 1.95. The Balaban J connectivity index is 1.51. The summed E-state index contributed by atoms with van der Waals surface area (Å²) in [5.41, 5.74) is 3.41. The van der Waals surface area contributed by atoms with Gasteiger partial charge in [0, 0.05) is 17.8 Å². The van der Waals surface area contributed by atoms with Crippen molar-refractivity contribution in [1.82, 2.24) is 10.2 Å². The third-order valence-corrected chi connectivity index (χ3v) is 7.30. The van der Waals surface area contributed by atoms with Crippen LogP contribution < -0.4 is 14.8 Å². The highest BCUT2D eigenvalue weighted by Crippen LogP contribution is 2.46. The quantitative estimate of drug-likeness (QED) is 0.481. The van der Waals surface area contributed by atoms with E-state index in [4.69, 9.17) is 19.2 Å². The zero-order valence-electron chi connectivity index (χ0n) is 21.0. The van der Waals surface area contributed by atoms with E-state index in [1.165, 1.54) is 11.8 Å². The van der Waals surface area contributed by atoms with E-state index in [9.17, 15) is 9.59 Å². The number of benzene rings is 2. The third-order valence-electron chi connectivity index (χ3n) is 6.41. The fourth-order valence-corrected chi connectivity index (χ4v) is 5.37. The first-order valence-corrected chi connectivity index (χ1v) is 13.0. The molecule has 37 heavy (non-hydrogen) atoms. The number of hydrogen-bond acceptors (Lipinski definition) is 8. The number of nitrogens with zero attached hydrogens (tertiary/aromatic N) is 2. The Morgan fingerprint density at radius 2 is 1.78 bits per heavy atom. The molecule has 0 bridgehead atoms. The number of nitrogens with one attached hydrogen (secondary N) is 1. The molecule has 1 fully saturated rings. The first kappa shape index (κ1) is 25.0. The molecular weight excluding hydrogens is 490 g/mol. The van der Waals surface area contributed by atoms with Gasteiger partial charge in [0.2, 0.25) is 5.91 Å². The number of fused-ring (bicyclic) bond motifs is 1.